The number of aromatic nitrogens is 5. The van der Waals surface area contributed by atoms with E-state index < -0.39 is 0 Å². The van der Waals surface area contributed by atoms with Crippen LogP contribution in [0.1, 0.15) is 11.3 Å². The van der Waals surface area contributed by atoms with Gasteiger partial charge in [0.15, 0.2) is 11.5 Å². The lowest BCUT2D eigenvalue weighted by atomic mass is 10.2. The normalized spacial score (nSPS) is 11.3. The Bertz CT molecular complexity index is 987. The molecule has 4 aromatic rings. The first-order chi connectivity index (χ1) is 11.8. The molecule has 0 bridgehead atoms. The van der Waals surface area contributed by atoms with Gasteiger partial charge in [-0.05, 0) is 29.0 Å². The van der Waals surface area contributed by atoms with E-state index in [1.54, 1.807) is 0 Å². The average molecular weight is 314 g/mol. The molecule has 4 rings (SSSR count). The zero-order chi connectivity index (χ0) is 16.4. The SMILES string of the molecule is Nc1c(C=Cc2ccccc2)nnnc1-c1nc2ccccc2[nH]1. The highest BCUT2D eigenvalue weighted by atomic mass is 15.3. The van der Waals surface area contributed by atoms with E-state index in [0.717, 1.165) is 16.6 Å². The summed E-state index contributed by atoms with van der Waals surface area (Å²) in [7, 11) is 0. The molecular formula is C18H14N6. The highest BCUT2D eigenvalue weighted by Gasteiger charge is 2.13. The standard InChI is InChI=1S/C18H14N6/c19-16-15(11-10-12-6-2-1-3-7-12)22-24-23-17(16)18-20-13-8-4-5-9-14(13)21-18/h1-11H,(H2,19,24)(H,20,21). The minimum Gasteiger partial charge on any atom is -0.395 e. The quantitative estimate of drug-likeness (QED) is 0.606. The van der Waals surface area contributed by atoms with Crippen molar-refractivity contribution in [3.05, 3.63) is 65.9 Å². The summed E-state index contributed by atoms with van der Waals surface area (Å²) in [6.07, 6.45) is 3.76. The number of aromatic amines is 1. The summed E-state index contributed by atoms with van der Waals surface area (Å²) in [5.41, 5.74) is 10.6. The third kappa shape index (κ3) is 2.61. The van der Waals surface area contributed by atoms with Crippen molar-refractivity contribution in [3.63, 3.8) is 0 Å². The van der Waals surface area contributed by atoms with E-state index in [-0.39, 0.29) is 0 Å². The Balaban J connectivity index is 1.74. The number of nitrogens with one attached hydrogen (secondary N) is 1. The van der Waals surface area contributed by atoms with Gasteiger partial charge in [0.2, 0.25) is 0 Å². The van der Waals surface area contributed by atoms with Crippen LogP contribution in [-0.4, -0.2) is 25.4 Å². The number of hydrogen-bond donors (Lipinski definition) is 2. The van der Waals surface area contributed by atoms with Gasteiger partial charge in [-0.1, -0.05) is 48.5 Å². The molecule has 0 unspecified atom stereocenters. The fraction of sp³-hybridized carbons (Fsp3) is 0. The van der Waals surface area contributed by atoms with Crippen molar-refractivity contribution in [3.8, 4) is 11.5 Å². The maximum Gasteiger partial charge on any atom is 0.161 e. The molecular weight excluding hydrogens is 300 g/mol. The van der Waals surface area contributed by atoms with Crippen LogP contribution in [0.4, 0.5) is 5.69 Å². The van der Waals surface area contributed by atoms with Crippen LogP contribution in [0.15, 0.2) is 54.6 Å². The Hall–Kier alpha value is -3.54. The molecule has 116 valence electrons. The molecule has 0 fully saturated rings. The molecule has 0 atom stereocenters. The van der Waals surface area contributed by atoms with Crippen LogP contribution in [0, 0.1) is 0 Å². The number of nitrogen functional groups attached to an aromatic ring is 1. The number of nitrogens with two attached hydrogens (primary N) is 1. The topological polar surface area (TPSA) is 93.4 Å². The van der Waals surface area contributed by atoms with E-state index in [4.69, 9.17) is 5.73 Å². The van der Waals surface area contributed by atoms with Crippen LogP contribution in [0.3, 0.4) is 0 Å². The minimum absolute atomic E-state index is 0.441. The Morgan fingerprint density at radius 2 is 1.67 bits per heavy atom. The van der Waals surface area contributed by atoms with Gasteiger partial charge in [0.05, 0.1) is 16.7 Å². The molecule has 0 radical (unpaired) electrons. The van der Waals surface area contributed by atoms with Crippen LogP contribution in [-0.2, 0) is 0 Å². The van der Waals surface area contributed by atoms with Crippen molar-refractivity contribution >= 4 is 28.9 Å². The van der Waals surface area contributed by atoms with E-state index in [9.17, 15) is 0 Å². The zero-order valence-electron chi connectivity index (χ0n) is 12.7. The van der Waals surface area contributed by atoms with Gasteiger partial charge < -0.3 is 10.7 Å². The molecule has 0 saturated heterocycles. The van der Waals surface area contributed by atoms with Gasteiger partial charge in [0, 0.05) is 0 Å². The van der Waals surface area contributed by atoms with E-state index in [2.05, 4.69) is 25.4 Å². The summed E-state index contributed by atoms with van der Waals surface area (Å²) in [5, 5.41) is 11.9. The number of H-pyrrole nitrogens is 1. The summed E-state index contributed by atoms with van der Waals surface area (Å²) in [5.74, 6) is 0.581. The van der Waals surface area contributed by atoms with Crippen molar-refractivity contribution in [1.29, 1.82) is 0 Å². The molecule has 0 spiro atoms. The largest absolute Gasteiger partial charge is 0.395 e. The van der Waals surface area contributed by atoms with Crippen molar-refractivity contribution in [2.24, 2.45) is 0 Å². The molecule has 0 aliphatic rings. The van der Waals surface area contributed by atoms with E-state index in [1.807, 2.05) is 66.7 Å². The fourth-order valence-corrected chi connectivity index (χ4v) is 2.45. The summed E-state index contributed by atoms with van der Waals surface area (Å²) in [4.78, 5) is 7.72. The number of hydrogen-bond acceptors (Lipinski definition) is 5. The first-order valence-corrected chi connectivity index (χ1v) is 7.48. The van der Waals surface area contributed by atoms with Crippen molar-refractivity contribution in [2.45, 2.75) is 0 Å². The summed E-state index contributed by atoms with van der Waals surface area (Å²) in [6, 6.07) is 17.7. The fourth-order valence-electron chi connectivity index (χ4n) is 2.45. The number of fused-ring (bicyclic) bond motifs is 1. The number of nitrogens with zero attached hydrogens (tertiary/aromatic N) is 4. The second kappa shape index (κ2) is 5.92. The third-order valence-electron chi connectivity index (χ3n) is 3.68. The van der Waals surface area contributed by atoms with Gasteiger partial charge in [-0.2, -0.15) is 0 Å². The Morgan fingerprint density at radius 3 is 2.50 bits per heavy atom. The third-order valence-corrected chi connectivity index (χ3v) is 3.68. The molecule has 3 N–H and O–H groups in total. The Morgan fingerprint density at radius 1 is 0.875 bits per heavy atom. The van der Waals surface area contributed by atoms with Gasteiger partial charge in [0.1, 0.15) is 5.69 Å². The first kappa shape index (κ1) is 14.1. The van der Waals surface area contributed by atoms with E-state index >= 15 is 0 Å². The molecule has 2 aromatic heterocycles. The maximum atomic E-state index is 6.23. The lowest BCUT2D eigenvalue weighted by molar-refractivity contribution is 0.863. The second-order valence-corrected chi connectivity index (χ2v) is 5.28. The molecule has 6 heteroatoms. The average Bonchev–Trinajstić information content (AvgIpc) is 3.05. The molecule has 0 saturated carbocycles. The zero-order valence-corrected chi connectivity index (χ0v) is 12.7. The minimum atomic E-state index is 0.441. The van der Waals surface area contributed by atoms with Crippen molar-refractivity contribution in [2.75, 3.05) is 5.73 Å². The number of para-hydroxylation sites is 2. The van der Waals surface area contributed by atoms with Crippen LogP contribution in [0.25, 0.3) is 34.7 Å². The Kier molecular flexibility index (Phi) is 3.47. The van der Waals surface area contributed by atoms with Gasteiger partial charge in [-0.15, -0.1) is 10.2 Å². The predicted octanol–water partition coefficient (Wildman–Crippen LogP) is 3.17. The van der Waals surface area contributed by atoms with Crippen LogP contribution in [0.2, 0.25) is 0 Å². The number of anilines is 1. The van der Waals surface area contributed by atoms with Gasteiger partial charge in [0.25, 0.3) is 0 Å². The molecule has 2 aromatic carbocycles. The van der Waals surface area contributed by atoms with Crippen LogP contribution < -0.4 is 5.73 Å². The number of benzene rings is 2. The van der Waals surface area contributed by atoms with Gasteiger partial charge in [-0.25, -0.2) is 4.98 Å². The van der Waals surface area contributed by atoms with Gasteiger partial charge in [-0.3, -0.25) is 0 Å². The number of rotatable bonds is 3. The number of imidazole rings is 1. The van der Waals surface area contributed by atoms with E-state index in [1.165, 1.54) is 0 Å². The first-order valence-electron chi connectivity index (χ1n) is 7.48. The summed E-state index contributed by atoms with van der Waals surface area (Å²) >= 11 is 0. The molecule has 0 aliphatic carbocycles. The molecule has 24 heavy (non-hydrogen) atoms. The molecule has 6 nitrogen and oxygen atoms in total. The lowest BCUT2D eigenvalue weighted by Crippen LogP contribution is -2.03. The smallest absolute Gasteiger partial charge is 0.161 e. The Labute approximate surface area is 138 Å². The summed E-state index contributed by atoms with van der Waals surface area (Å²) < 4.78 is 0. The highest BCUT2D eigenvalue weighted by molar-refractivity contribution is 5.84. The monoisotopic (exact) mass is 314 g/mol. The second-order valence-electron chi connectivity index (χ2n) is 5.28. The van der Waals surface area contributed by atoms with E-state index in [0.29, 0.717) is 22.9 Å². The van der Waals surface area contributed by atoms with Gasteiger partial charge >= 0.3 is 0 Å². The van der Waals surface area contributed by atoms with Crippen molar-refractivity contribution in [1.82, 2.24) is 25.4 Å². The van der Waals surface area contributed by atoms with Crippen LogP contribution in [0.5, 0.6) is 0 Å². The highest BCUT2D eigenvalue weighted by Crippen LogP contribution is 2.25. The lowest BCUT2D eigenvalue weighted by Gasteiger charge is -2.02. The van der Waals surface area contributed by atoms with Crippen LogP contribution >= 0.6 is 0 Å². The van der Waals surface area contributed by atoms with Crippen molar-refractivity contribution < 1.29 is 0 Å². The molecule has 0 amide bonds. The summed E-state index contributed by atoms with van der Waals surface area (Å²) in [6.45, 7) is 0. The predicted molar refractivity (Wildman–Crippen MR) is 94.7 cm³/mol. The molecule has 0 aliphatic heterocycles. The molecule has 2 heterocycles. The maximum absolute atomic E-state index is 6.23.